The Morgan fingerprint density at radius 2 is 2.10 bits per heavy atom. The van der Waals surface area contributed by atoms with Crippen LogP contribution < -0.4 is 5.32 Å². The topological polar surface area (TPSA) is 84.3 Å². The van der Waals surface area contributed by atoms with Gasteiger partial charge in [-0.3, -0.25) is 4.79 Å². The van der Waals surface area contributed by atoms with Crippen LogP contribution in [0.1, 0.15) is 12.6 Å². The minimum absolute atomic E-state index is 0.192. The third kappa shape index (κ3) is 2.21. The van der Waals surface area contributed by atoms with Crippen molar-refractivity contribution < 1.29 is 14.6 Å². The van der Waals surface area contributed by atoms with Gasteiger partial charge in [-0.1, -0.05) is 24.3 Å². The second-order valence-electron chi connectivity index (χ2n) is 5.61. The van der Waals surface area contributed by atoms with E-state index in [1.54, 1.807) is 6.92 Å². The van der Waals surface area contributed by atoms with Crippen LogP contribution in [-0.4, -0.2) is 40.5 Å². The fraction of sp³-hybridized carbons (Fsp3) is 0.400. The van der Waals surface area contributed by atoms with E-state index in [4.69, 9.17) is 4.74 Å². The first-order valence-electron chi connectivity index (χ1n) is 6.82. The van der Waals surface area contributed by atoms with Crippen molar-refractivity contribution in [2.75, 3.05) is 18.5 Å². The number of benzene rings is 1. The van der Waals surface area contributed by atoms with Crippen molar-refractivity contribution in [2.45, 2.75) is 19.9 Å². The molecular weight excluding hydrogens is 270 g/mol. The molecule has 1 fully saturated rings. The number of anilines is 1. The number of nitrogens with zero attached hydrogens (tertiary/aromatic N) is 2. The van der Waals surface area contributed by atoms with Crippen molar-refractivity contribution in [2.24, 2.45) is 5.41 Å². The van der Waals surface area contributed by atoms with Crippen LogP contribution in [0, 0.1) is 12.3 Å². The molecule has 1 aliphatic rings. The number of rotatable bonds is 3. The monoisotopic (exact) mass is 287 g/mol. The number of ether oxygens (including phenoxy) is 1. The van der Waals surface area contributed by atoms with Gasteiger partial charge in [-0.15, -0.1) is 5.10 Å². The van der Waals surface area contributed by atoms with Crippen molar-refractivity contribution in [3.63, 3.8) is 0 Å². The highest BCUT2D eigenvalue weighted by molar-refractivity contribution is 5.93. The second-order valence-corrected chi connectivity index (χ2v) is 5.61. The fourth-order valence-electron chi connectivity index (χ4n) is 2.59. The summed E-state index contributed by atoms with van der Waals surface area (Å²) in [5, 5.41) is 22.9. The van der Waals surface area contributed by atoms with Crippen LogP contribution in [0.5, 0.6) is 0 Å². The van der Waals surface area contributed by atoms with E-state index in [1.807, 2.05) is 31.2 Å². The van der Waals surface area contributed by atoms with Gasteiger partial charge in [0.05, 0.1) is 24.9 Å². The third-order valence-corrected chi connectivity index (χ3v) is 4.13. The average Bonchev–Trinajstić information content (AvgIpc) is 2.85. The summed E-state index contributed by atoms with van der Waals surface area (Å²) in [5.74, 6) is -0.277. The molecule has 1 aromatic carbocycles. The van der Waals surface area contributed by atoms with E-state index in [0.29, 0.717) is 12.4 Å². The molecule has 0 radical (unpaired) electrons. The number of aliphatic carboxylic acids is 1. The number of hydrogen-bond acceptors (Lipinski definition) is 5. The van der Waals surface area contributed by atoms with Crippen molar-refractivity contribution in [3.05, 3.63) is 30.0 Å². The maximum absolute atomic E-state index is 11.5. The van der Waals surface area contributed by atoms with Crippen LogP contribution in [-0.2, 0) is 9.53 Å². The number of carbonyl (C=O) groups is 1. The molecule has 2 aromatic rings. The number of fused-ring (bicyclic) bond motifs is 1. The molecule has 0 saturated carbocycles. The Morgan fingerprint density at radius 3 is 2.81 bits per heavy atom. The number of hydrogen-bond donors (Lipinski definition) is 2. The zero-order chi connectivity index (χ0) is 15.0. The van der Waals surface area contributed by atoms with E-state index >= 15 is 0 Å². The molecule has 2 heterocycles. The van der Waals surface area contributed by atoms with Gasteiger partial charge in [-0.05, 0) is 13.8 Å². The normalized spacial score (nSPS) is 25.1. The predicted molar refractivity (Wildman–Crippen MR) is 78.2 cm³/mol. The molecule has 0 spiro atoms. The van der Waals surface area contributed by atoms with E-state index in [2.05, 4.69) is 15.5 Å². The highest BCUT2D eigenvalue weighted by atomic mass is 16.5. The molecule has 0 amide bonds. The van der Waals surface area contributed by atoms with E-state index in [0.717, 1.165) is 16.5 Å². The summed E-state index contributed by atoms with van der Waals surface area (Å²) in [6.07, 6.45) is 0. The standard InChI is InChI=1S/C15H17N3O3/c1-9-10-5-3-4-6-11(10)13(18-17-9)16-12-7-21-8-15(12,2)14(19)20/h3-6,12H,7-8H2,1-2H3,(H,16,18)(H,19,20). The maximum atomic E-state index is 11.5. The number of aryl methyl sites for hydroxylation is 1. The quantitative estimate of drug-likeness (QED) is 0.896. The summed E-state index contributed by atoms with van der Waals surface area (Å²) >= 11 is 0. The Bertz CT molecular complexity index is 704. The van der Waals surface area contributed by atoms with Crippen LogP contribution >= 0.6 is 0 Å². The molecular formula is C15H17N3O3. The fourth-order valence-corrected chi connectivity index (χ4v) is 2.59. The Morgan fingerprint density at radius 1 is 1.38 bits per heavy atom. The largest absolute Gasteiger partial charge is 0.481 e. The molecule has 0 bridgehead atoms. The first kappa shape index (κ1) is 13.8. The molecule has 2 unspecified atom stereocenters. The molecule has 110 valence electrons. The van der Waals surface area contributed by atoms with Crippen LogP contribution in [0.4, 0.5) is 5.82 Å². The first-order chi connectivity index (χ1) is 10.0. The van der Waals surface area contributed by atoms with Gasteiger partial charge < -0.3 is 15.2 Å². The van der Waals surface area contributed by atoms with E-state index in [1.165, 1.54) is 0 Å². The third-order valence-electron chi connectivity index (χ3n) is 4.13. The first-order valence-corrected chi connectivity index (χ1v) is 6.82. The molecule has 0 aliphatic carbocycles. The Kier molecular flexibility index (Phi) is 3.25. The van der Waals surface area contributed by atoms with Crippen molar-refractivity contribution in [1.82, 2.24) is 10.2 Å². The van der Waals surface area contributed by atoms with Gasteiger partial charge in [0, 0.05) is 10.8 Å². The summed E-state index contributed by atoms with van der Waals surface area (Å²) in [4.78, 5) is 11.5. The van der Waals surface area contributed by atoms with Crippen molar-refractivity contribution in [3.8, 4) is 0 Å². The molecule has 3 rings (SSSR count). The number of carboxylic acids is 1. The minimum atomic E-state index is -0.965. The lowest BCUT2D eigenvalue weighted by molar-refractivity contribution is -0.148. The van der Waals surface area contributed by atoms with Crippen molar-refractivity contribution in [1.29, 1.82) is 0 Å². The molecule has 6 nitrogen and oxygen atoms in total. The van der Waals surface area contributed by atoms with E-state index in [-0.39, 0.29) is 12.6 Å². The maximum Gasteiger partial charge on any atom is 0.313 e. The van der Waals surface area contributed by atoms with Crippen LogP contribution in [0.15, 0.2) is 24.3 Å². The number of carboxylic acid groups (broad SMARTS) is 1. The molecule has 6 heteroatoms. The lowest BCUT2D eigenvalue weighted by atomic mass is 9.85. The zero-order valence-corrected chi connectivity index (χ0v) is 12.0. The lowest BCUT2D eigenvalue weighted by Gasteiger charge is -2.26. The van der Waals surface area contributed by atoms with Crippen LogP contribution in [0.3, 0.4) is 0 Å². The average molecular weight is 287 g/mol. The molecule has 1 aromatic heterocycles. The van der Waals surface area contributed by atoms with Gasteiger partial charge in [0.1, 0.15) is 5.41 Å². The van der Waals surface area contributed by atoms with Crippen molar-refractivity contribution >= 4 is 22.6 Å². The van der Waals surface area contributed by atoms with E-state index < -0.39 is 11.4 Å². The Balaban J connectivity index is 1.99. The SMILES string of the molecule is Cc1nnc(NC2COCC2(C)C(=O)O)c2ccccc12. The highest BCUT2D eigenvalue weighted by Gasteiger charge is 2.47. The van der Waals surface area contributed by atoms with E-state index in [9.17, 15) is 9.90 Å². The Labute approximate surface area is 122 Å². The minimum Gasteiger partial charge on any atom is -0.481 e. The zero-order valence-electron chi connectivity index (χ0n) is 12.0. The molecule has 21 heavy (non-hydrogen) atoms. The molecule has 1 aliphatic heterocycles. The van der Waals surface area contributed by atoms with Gasteiger partial charge >= 0.3 is 5.97 Å². The van der Waals surface area contributed by atoms with Gasteiger partial charge in [0.25, 0.3) is 0 Å². The van der Waals surface area contributed by atoms with Crippen LogP contribution in [0.2, 0.25) is 0 Å². The summed E-state index contributed by atoms with van der Waals surface area (Å²) in [6.45, 7) is 4.12. The summed E-state index contributed by atoms with van der Waals surface area (Å²) in [6, 6.07) is 7.46. The second kappa shape index (κ2) is 4.96. The highest BCUT2D eigenvalue weighted by Crippen LogP contribution is 2.32. The smallest absolute Gasteiger partial charge is 0.313 e. The lowest BCUT2D eigenvalue weighted by Crippen LogP contribution is -2.43. The van der Waals surface area contributed by atoms with Gasteiger partial charge in [0.15, 0.2) is 5.82 Å². The summed E-state index contributed by atoms with van der Waals surface area (Å²) in [5.41, 5.74) is -0.118. The molecule has 2 N–H and O–H groups in total. The van der Waals surface area contributed by atoms with Gasteiger partial charge in [-0.25, -0.2) is 0 Å². The predicted octanol–water partition coefficient (Wildman–Crippen LogP) is 1.84. The van der Waals surface area contributed by atoms with Crippen LogP contribution in [0.25, 0.3) is 10.8 Å². The molecule has 1 saturated heterocycles. The summed E-state index contributed by atoms with van der Waals surface area (Å²) < 4.78 is 5.35. The van der Waals surface area contributed by atoms with Gasteiger partial charge in [0.2, 0.25) is 0 Å². The number of nitrogens with one attached hydrogen (secondary N) is 1. The Hall–Kier alpha value is -2.21. The number of aromatic nitrogens is 2. The summed E-state index contributed by atoms with van der Waals surface area (Å²) in [7, 11) is 0. The van der Waals surface area contributed by atoms with Gasteiger partial charge in [-0.2, -0.15) is 5.10 Å². The molecule has 2 atom stereocenters.